The number of nitrogens with one attached hydrogen (secondary N) is 2. The quantitative estimate of drug-likeness (QED) is 0.332. The van der Waals surface area contributed by atoms with Crippen LogP contribution in [0.15, 0.2) is 59.6 Å². The molecule has 0 heterocycles. The molecule has 8 heteroatoms. The molecule has 0 amide bonds. The number of sulfone groups is 1. The highest BCUT2D eigenvalue weighted by Crippen LogP contribution is 2.10. The topological polar surface area (TPSA) is 96.9 Å². The predicted molar refractivity (Wildman–Crippen MR) is 124 cm³/mol. The number of hydrogen-bond acceptors (Lipinski definition) is 5. The zero-order chi connectivity index (χ0) is 22.7. The molecule has 0 aliphatic carbocycles. The Bertz CT molecular complexity index is 975. The van der Waals surface area contributed by atoms with Gasteiger partial charge in [-0.3, -0.25) is 0 Å². The van der Waals surface area contributed by atoms with E-state index in [-0.39, 0.29) is 24.4 Å². The first-order chi connectivity index (χ1) is 14.8. The van der Waals surface area contributed by atoms with Crippen LogP contribution in [0, 0.1) is 0 Å². The first kappa shape index (κ1) is 24.4. The highest BCUT2D eigenvalue weighted by molar-refractivity contribution is 7.90. The summed E-state index contributed by atoms with van der Waals surface area (Å²) in [5, 5.41) is 6.37. The maximum atomic E-state index is 12.4. The number of aliphatic imine (C=N–C) groups is 1. The van der Waals surface area contributed by atoms with Gasteiger partial charge >= 0.3 is 5.97 Å². The van der Waals surface area contributed by atoms with Crippen molar-refractivity contribution in [3.05, 3.63) is 71.3 Å². The van der Waals surface area contributed by atoms with E-state index < -0.39 is 9.84 Å². The van der Waals surface area contributed by atoms with Crippen LogP contribution >= 0.6 is 0 Å². The van der Waals surface area contributed by atoms with Crippen LogP contribution in [-0.2, 0) is 27.7 Å². The summed E-state index contributed by atoms with van der Waals surface area (Å²) in [4.78, 5) is 16.9. The number of carbonyl (C=O) groups is 1. The van der Waals surface area contributed by atoms with Crippen LogP contribution in [0.4, 0.5) is 0 Å². The molecule has 168 valence electrons. The van der Waals surface area contributed by atoms with Crippen molar-refractivity contribution in [3.8, 4) is 0 Å². The summed E-state index contributed by atoms with van der Waals surface area (Å²) >= 11 is 0. The lowest BCUT2D eigenvalue weighted by Crippen LogP contribution is -2.42. The summed E-state index contributed by atoms with van der Waals surface area (Å²) in [5.41, 5.74) is 2.28. The minimum absolute atomic E-state index is 0.0492. The third-order valence-corrected chi connectivity index (χ3v) is 5.42. The van der Waals surface area contributed by atoms with Crippen molar-refractivity contribution < 1.29 is 17.9 Å². The molecule has 1 unspecified atom stereocenters. The van der Waals surface area contributed by atoms with Crippen LogP contribution < -0.4 is 10.6 Å². The van der Waals surface area contributed by atoms with Crippen molar-refractivity contribution in [1.29, 1.82) is 0 Å². The monoisotopic (exact) mass is 445 g/mol. The van der Waals surface area contributed by atoms with E-state index in [1.54, 1.807) is 18.2 Å². The number of nitrogens with zero attached hydrogens (tertiary/aromatic N) is 1. The van der Waals surface area contributed by atoms with Gasteiger partial charge in [-0.25, -0.2) is 18.2 Å². The molecule has 1 atom stereocenters. The van der Waals surface area contributed by atoms with E-state index in [1.165, 1.54) is 6.26 Å². The summed E-state index contributed by atoms with van der Waals surface area (Å²) in [7, 11) is -3.00. The summed E-state index contributed by atoms with van der Waals surface area (Å²) < 4.78 is 28.1. The minimum atomic E-state index is -3.00. The lowest BCUT2D eigenvalue weighted by Gasteiger charge is -2.17. The smallest absolute Gasteiger partial charge is 0.338 e. The normalized spacial score (nSPS) is 12.8. The fourth-order valence-electron chi connectivity index (χ4n) is 2.79. The van der Waals surface area contributed by atoms with Crippen molar-refractivity contribution in [1.82, 2.24) is 10.6 Å². The fraction of sp³-hybridized carbons (Fsp3) is 0.391. The minimum Gasteiger partial charge on any atom is -0.457 e. The molecule has 0 saturated heterocycles. The van der Waals surface area contributed by atoms with E-state index in [9.17, 15) is 13.2 Å². The molecular formula is C23H31N3O4S. The molecular weight excluding hydrogens is 414 g/mol. The molecule has 2 rings (SSSR count). The van der Waals surface area contributed by atoms with E-state index in [4.69, 9.17) is 4.74 Å². The van der Waals surface area contributed by atoms with Crippen molar-refractivity contribution in [2.75, 3.05) is 18.6 Å². The lowest BCUT2D eigenvalue weighted by atomic mass is 10.1. The molecule has 31 heavy (non-hydrogen) atoms. The number of carbonyl (C=O) groups excluding carboxylic acids is 1. The van der Waals surface area contributed by atoms with Gasteiger partial charge in [0.05, 0.1) is 17.9 Å². The molecule has 0 aromatic heterocycles. The van der Waals surface area contributed by atoms with E-state index in [2.05, 4.69) is 15.6 Å². The number of benzene rings is 2. The fourth-order valence-corrected chi connectivity index (χ4v) is 3.57. The van der Waals surface area contributed by atoms with Gasteiger partial charge in [0.1, 0.15) is 16.4 Å². The summed E-state index contributed by atoms with van der Waals surface area (Å²) in [6.45, 7) is 5.15. The van der Waals surface area contributed by atoms with E-state index in [1.807, 2.05) is 50.2 Å². The number of hydrogen-bond donors (Lipinski definition) is 2. The largest absolute Gasteiger partial charge is 0.457 e. The molecule has 0 saturated carbocycles. The molecule has 2 N–H and O–H groups in total. The van der Waals surface area contributed by atoms with Gasteiger partial charge in [-0.05, 0) is 43.5 Å². The zero-order valence-corrected chi connectivity index (χ0v) is 19.1. The van der Waals surface area contributed by atoms with Gasteiger partial charge in [-0.2, -0.15) is 0 Å². The van der Waals surface area contributed by atoms with E-state index in [0.29, 0.717) is 31.0 Å². The molecule has 0 aliphatic heterocycles. The second-order valence-electron chi connectivity index (χ2n) is 7.42. The maximum Gasteiger partial charge on any atom is 0.338 e. The summed E-state index contributed by atoms with van der Waals surface area (Å²) in [6.07, 6.45) is 1.73. The lowest BCUT2D eigenvalue weighted by molar-refractivity contribution is 0.0472. The zero-order valence-electron chi connectivity index (χ0n) is 18.3. The Hall–Kier alpha value is -2.87. The average Bonchev–Trinajstić information content (AvgIpc) is 2.75. The van der Waals surface area contributed by atoms with Crippen LogP contribution in [0.3, 0.4) is 0 Å². The third-order valence-electron chi connectivity index (χ3n) is 4.44. The molecule has 0 aliphatic rings. The van der Waals surface area contributed by atoms with Crippen LogP contribution in [0.2, 0.25) is 0 Å². The number of ether oxygens (including phenoxy) is 1. The molecule has 2 aromatic carbocycles. The van der Waals surface area contributed by atoms with Crippen LogP contribution in [0.25, 0.3) is 0 Å². The second-order valence-corrected chi connectivity index (χ2v) is 9.68. The Morgan fingerprint density at radius 3 is 2.48 bits per heavy atom. The average molecular weight is 446 g/mol. The van der Waals surface area contributed by atoms with Crippen LogP contribution in [-0.4, -0.2) is 44.9 Å². The maximum absolute atomic E-state index is 12.4. The SMILES string of the molecule is CCNC(=NCc1cccc(C(=O)OCc2ccccc2)c1)NC(C)CCS(C)(=O)=O. The van der Waals surface area contributed by atoms with Crippen molar-refractivity contribution in [3.63, 3.8) is 0 Å². The number of rotatable bonds is 10. The molecule has 0 radical (unpaired) electrons. The highest BCUT2D eigenvalue weighted by atomic mass is 32.2. The molecule has 0 fully saturated rings. The van der Waals surface area contributed by atoms with E-state index in [0.717, 1.165) is 11.1 Å². The van der Waals surface area contributed by atoms with Gasteiger partial charge in [0, 0.05) is 18.8 Å². The van der Waals surface area contributed by atoms with Gasteiger partial charge in [0.25, 0.3) is 0 Å². The summed E-state index contributed by atoms with van der Waals surface area (Å²) in [5.74, 6) is 0.336. The summed E-state index contributed by atoms with van der Waals surface area (Å²) in [6, 6.07) is 16.7. The van der Waals surface area contributed by atoms with Gasteiger partial charge in [-0.1, -0.05) is 42.5 Å². The van der Waals surface area contributed by atoms with Crippen molar-refractivity contribution in [2.24, 2.45) is 4.99 Å². The first-order valence-electron chi connectivity index (χ1n) is 10.3. The number of guanidine groups is 1. The van der Waals surface area contributed by atoms with Gasteiger partial charge < -0.3 is 15.4 Å². The van der Waals surface area contributed by atoms with Crippen molar-refractivity contribution in [2.45, 2.75) is 39.5 Å². The molecule has 2 aromatic rings. The molecule has 0 spiro atoms. The molecule has 7 nitrogen and oxygen atoms in total. The van der Waals surface area contributed by atoms with Crippen molar-refractivity contribution >= 4 is 21.8 Å². The third kappa shape index (κ3) is 9.65. The molecule has 0 bridgehead atoms. The van der Waals surface area contributed by atoms with Gasteiger partial charge in [-0.15, -0.1) is 0 Å². The Morgan fingerprint density at radius 1 is 1.10 bits per heavy atom. The standard InChI is InChI=1S/C23H31N3O4S/c1-4-24-23(26-18(2)13-14-31(3,28)29)25-16-20-11-8-12-21(15-20)22(27)30-17-19-9-6-5-7-10-19/h5-12,15,18H,4,13-14,16-17H2,1-3H3,(H2,24,25,26). The van der Waals surface area contributed by atoms with Gasteiger partial charge in [0.15, 0.2) is 5.96 Å². The Labute approximate surface area is 184 Å². The van der Waals surface area contributed by atoms with Crippen LogP contribution in [0.1, 0.15) is 41.8 Å². The van der Waals surface area contributed by atoms with Gasteiger partial charge in [0.2, 0.25) is 0 Å². The predicted octanol–water partition coefficient (Wildman–Crippen LogP) is 2.92. The Morgan fingerprint density at radius 2 is 1.81 bits per heavy atom. The Balaban J connectivity index is 1.96. The number of esters is 1. The second kappa shape index (κ2) is 12.1. The highest BCUT2D eigenvalue weighted by Gasteiger charge is 2.11. The Kier molecular flexibility index (Phi) is 9.52. The van der Waals surface area contributed by atoms with E-state index >= 15 is 0 Å². The van der Waals surface area contributed by atoms with Crippen LogP contribution in [0.5, 0.6) is 0 Å². The first-order valence-corrected chi connectivity index (χ1v) is 12.4.